The van der Waals surface area contributed by atoms with Gasteiger partial charge in [0.25, 0.3) is 5.91 Å². The normalized spacial score (nSPS) is 20.1. The first kappa shape index (κ1) is 13.1. The Morgan fingerprint density at radius 3 is 2.78 bits per heavy atom. The molecular formula is C14H16ClNO2. The summed E-state index contributed by atoms with van der Waals surface area (Å²) in [5.41, 5.74) is 1.54. The minimum atomic E-state index is -0.0599. The topological polar surface area (TPSA) is 37.4 Å². The highest BCUT2D eigenvalue weighted by Crippen LogP contribution is 2.20. The summed E-state index contributed by atoms with van der Waals surface area (Å²) in [6.07, 6.45) is 0.458. The molecule has 1 atom stereocenters. The van der Waals surface area contributed by atoms with Gasteiger partial charge in [0.1, 0.15) is 5.78 Å². The van der Waals surface area contributed by atoms with Crippen LogP contribution in [0, 0.1) is 12.8 Å². The number of likely N-dealkylation sites (tertiary alicyclic amines) is 1. The van der Waals surface area contributed by atoms with Crippen molar-refractivity contribution in [3.8, 4) is 0 Å². The monoisotopic (exact) mass is 265 g/mol. The Morgan fingerprint density at radius 2 is 2.17 bits per heavy atom. The largest absolute Gasteiger partial charge is 0.337 e. The van der Waals surface area contributed by atoms with Crippen molar-refractivity contribution in [1.29, 1.82) is 0 Å². The van der Waals surface area contributed by atoms with E-state index in [1.165, 1.54) is 0 Å². The summed E-state index contributed by atoms with van der Waals surface area (Å²) in [5, 5.41) is 0.631. The van der Waals surface area contributed by atoms with E-state index in [1.54, 1.807) is 23.1 Å². The summed E-state index contributed by atoms with van der Waals surface area (Å²) in [7, 11) is 0. The molecule has 1 unspecified atom stereocenters. The van der Waals surface area contributed by atoms with Crippen LogP contribution in [0.3, 0.4) is 0 Å². The molecule has 2 rings (SSSR count). The molecule has 1 aliphatic rings. The summed E-state index contributed by atoms with van der Waals surface area (Å²) in [6, 6.07) is 5.26. The predicted molar refractivity (Wildman–Crippen MR) is 70.9 cm³/mol. The lowest BCUT2D eigenvalue weighted by molar-refractivity contribution is -0.124. The number of halogens is 1. The van der Waals surface area contributed by atoms with Gasteiger partial charge < -0.3 is 4.90 Å². The number of ketones is 1. The molecule has 1 heterocycles. The first-order chi connectivity index (χ1) is 8.49. The van der Waals surface area contributed by atoms with Gasteiger partial charge in [0.15, 0.2) is 0 Å². The molecule has 0 aromatic heterocycles. The first-order valence-corrected chi connectivity index (χ1v) is 6.45. The SMILES string of the molecule is Cc1cc(Cl)ccc1C(=O)N1CCC(=O)C(C)C1. The molecule has 3 nitrogen and oxygen atoms in total. The Labute approximate surface area is 112 Å². The number of benzene rings is 1. The molecule has 96 valence electrons. The van der Waals surface area contributed by atoms with E-state index in [0.29, 0.717) is 30.1 Å². The van der Waals surface area contributed by atoms with Gasteiger partial charge in [-0.3, -0.25) is 9.59 Å². The van der Waals surface area contributed by atoms with E-state index in [2.05, 4.69) is 0 Å². The number of Topliss-reactive ketones (excluding diaryl/α,β-unsaturated/α-hetero) is 1. The number of nitrogens with zero attached hydrogens (tertiary/aromatic N) is 1. The zero-order valence-corrected chi connectivity index (χ0v) is 11.3. The molecule has 0 spiro atoms. The molecular weight excluding hydrogens is 250 g/mol. The molecule has 0 aliphatic carbocycles. The highest BCUT2D eigenvalue weighted by Gasteiger charge is 2.27. The summed E-state index contributed by atoms with van der Waals surface area (Å²) < 4.78 is 0. The molecule has 1 saturated heterocycles. The lowest BCUT2D eigenvalue weighted by atomic mass is 9.97. The van der Waals surface area contributed by atoms with E-state index in [0.717, 1.165) is 5.56 Å². The first-order valence-electron chi connectivity index (χ1n) is 6.07. The molecule has 0 saturated carbocycles. The number of amides is 1. The number of aryl methyl sites for hydroxylation is 1. The fraction of sp³-hybridized carbons (Fsp3) is 0.429. The molecule has 1 aliphatic heterocycles. The Bertz CT molecular complexity index is 499. The van der Waals surface area contributed by atoms with Crippen molar-refractivity contribution < 1.29 is 9.59 Å². The Hall–Kier alpha value is -1.35. The maximum atomic E-state index is 12.4. The van der Waals surface area contributed by atoms with E-state index >= 15 is 0 Å². The van der Waals surface area contributed by atoms with Crippen LogP contribution in [0.1, 0.15) is 29.3 Å². The Morgan fingerprint density at radius 1 is 1.44 bits per heavy atom. The van der Waals surface area contributed by atoms with Crippen molar-refractivity contribution in [2.45, 2.75) is 20.3 Å². The van der Waals surface area contributed by atoms with Crippen LogP contribution in [0.5, 0.6) is 0 Å². The fourth-order valence-corrected chi connectivity index (χ4v) is 2.46. The number of carbonyl (C=O) groups is 2. The zero-order chi connectivity index (χ0) is 13.3. The summed E-state index contributed by atoms with van der Waals surface area (Å²) in [6.45, 7) is 4.78. The molecule has 0 bridgehead atoms. The number of hydrogen-bond donors (Lipinski definition) is 0. The standard InChI is InChI=1S/C14H16ClNO2/c1-9-7-11(15)3-4-12(9)14(18)16-6-5-13(17)10(2)8-16/h3-4,7,10H,5-6,8H2,1-2H3. The van der Waals surface area contributed by atoms with E-state index in [9.17, 15) is 9.59 Å². The van der Waals surface area contributed by atoms with Gasteiger partial charge in [0.05, 0.1) is 0 Å². The van der Waals surface area contributed by atoms with Gasteiger partial charge in [-0.1, -0.05) is 18.5 Å². The number of piperidine rings is 1. The lowest BCUT2D eigenvalue weighted by Crippen LogP contribution is -2.43. The molecule has 0 N–H and O–H groups in total. The van der Waals surface area contributed by atoms with Gasteiger partial charge in [0.2, 0.25) is 0 Å². The molecule has 18 heavy (non-hydrogen) atoms. The van der Waals surface area contributed by atoms with Crippen LogP contribution in [0.15, 0.2) is 18.2 Å². The Kier molecular flexibility index (Phi) is 3.71. The van der Waals surface area contributed by atoms with E-state index in [1.807, 2.05) is 13.8 Å². The minimum absolute atomic E-state index is 0.0106. The van der Waals surface area contributed by atoms with Crippen LogP contribution in [0.25, 0.3) is 0 Å². The summed E-state index contributed by atoms with van der Waals surface area (Å²) in [4.78, 5) is 25.6. The smallest absolute Gasteiger partial charge is 0.254 e. The van der Waals surface area contributed by atoms with Crippen LogP contribution >= 0.6 is 11.6 Å². The summed E-state index contributed by atoms with van der Waals surface area (Å²) >= 11 is 5.88. The van der Waals surface area contributed by atoms with Gasteiger partial charge in [0, 0.05) is 36.0 Å². The van der Waals surface area contributed by atoms with Crippen molar-refractivity contribution >= 4 is 23.3 Å². The third-order valence-electron chi connectivity index (χ3n) is 3.38. The molecule has 1 aromatic carbocycles. The minimum Gasteiger partial charge on any atom is -0.337 e. The predicted octanol–water partition coefficient (Wildman–Crippen LogP) is 2.70. The van der Waals surface area contributed by atoms with Gasteiger partial charge in [-0.2, -0.15) is 0 Å². The van der Waals surface area contributed by atoms with E-state index < -0.39 is 0 Å². The second kappa shape index (κ2) is 5.11. The Balaban J connectivity index is 2.19. The van der Waals surface area contributed by atoms with E-state index in [4.69, 9.17) is 11.6 Å². The second-order valence-electron chi connectivity index (χ2n) is 4.83. The van der Waals surface area contributed by atoms with Gasteiger partial charge >= 0.3 is 0 Å². The van der Waals surface area contributed by atoms with Crippen molar-refractivity contribution in [1.82, 2.24) is 4.90 Å². The van der Waals surface area contributed by atoms with Gasteiger partial charge in [-0.15, -0.1) is 0 Å². The van der Waals surface area contributed by atoms with Crippen molar-refractivity contribution in [2.24, 2.45) is 5.92 Å². The van der Waals surface area contributed by atoms with Crippen molar-refractivity contribution in [2.75, 3.05) is 13.1 Å². The number of carbonyl (C=O) groups excluding carboxylic acids is 2. The average molecular weight is 266 g/mol. The van der Waals surface area contributed by atoms with Crippen LogP contribution in [0.2, 0.25) is 5.02 Å². The van der Waals surface area contributed by atoms with E-state index in [-0.39, 0.29) is 17.6 Å². The summed E-state index contributed by atoms with van der Waals surface area (Å²) in [5.74, 6) is 0.172. The zero-order valence-electron chi connectivity index (χ0n) is 10.6. The van der Waals surface area contributed by atoms with Crippen LogP contribution in [-0.2, 0) is 4.79 Å². The molecule has 1 aromatic rings. The van der Waals surface area contributed by atoms with Crippen LogP contribution in [0.4, 0.5) is 0 Å². The third kappa shape index (κ3) is 2.56. The maximum Gasteiger partial charge on any atom is 0.254 e. The molecule has 1 amide bonds. The van der Waals surface area contributed by atoms with Gasteiger partial charge in [-0.05, 0) is 30.7 Å². The number of hydrogen-bond acceptors (Lipinski definition) is 2. The van der Waals surface area contributed by atoms with Crippen LogP contribution in [-0.4, -0.2) is 29.7 Å². The highest BCUT2D eigenvalue weighted by molar-refractivity contribution is 6.30. The average Bonchev–Trinajstić information content (AvgIpc) is 2.32. The van der Waals surface area contributed by atoms with Gasteiger partial charge in [-0.25, -0.2) is 0 Å². The fourth-order valence-electron chi connectivity index (χ4n) is 2.24. The lowest BCUT2D eigenvalue weighted by Gasteiger charge is -2.30. The second-order valence-corrected chi connectivity index (χ2v) is 5.26. The quantitative estimate of drug-likeness (QED) is 0.783. The third-order valence-corrected chi connectivity index (χ3v) is 3.61. The van der Waals surface area contributed by atoms with Crippen molar-refractivity contribution in [3.05, 3.63) is 34.3 Å². The van der Waals surface area contributed by atoms with Crippen LogP contribution < -0.4 is 0 Å². The highest BCUT2D eigenvalue weighted by atomic mass is 35.5. The molecule has 0 radical (unpaired) electrons. The van der Waals surface area contributed by atoms with Crippen molar-refractivity contribution in [3.63, 3.8) is 0 Å². The maximum absolute atomic E-state index is 12.4. The molecule has 1 fully saturated rings. The molecule has 4 heteroatoms. The number of rotatable bonds is 1.